The Morgan fingerprint density at radius 2 is 2.08 bits per heavy atom. The van der Waals surface area contributed by atoms with Gasteiger partial charge < -0.3 is 15.5 Å². The van der Waals surface area contributed by atoms with E-state index in [0.717, 1.165) is 23.7 Å². The number of hydrogen-bond acceptors (Lipinski definition) is 3. The van der Waals surface area contributed by atoms with Crippen molar-refractivity contribution in [2.75, 3.05) is 32.1 Å². The zero-order valence-corrected chi connectivity index (χ0v) is 17.5. The number of nitrogens with one attached hydrogen (secondary N) is 2. The van der Waals surface area contributed by atoms with Crippen molar-refractivity contribution in [3.8, 4) is 0 Å². The minimum Gasteiger partial charge on any atom is -0.353 e. The van der Waals surface area contributed by atoms with Crippen molar-refractivity contribution in [2.45, 2.75) is 25.4 Å². The van der Waals surface area contributed by atoms with Gasteiger partial charge in [0.2, 0.25) is 5.91 Å². The average Bonchev–Trinajstić information content (AvgIpc) is 2.58. The van der Waals surface area contributed by atoms with Crippen molar-refractivity contribution in [1.29, 1.82) is 0 Å². The molecule has 1 amide bonds. The molecule has 0 aliphatic carbocycles. The molecule has 134 valence electrons. The third-order valence-corrected chi connectivity index (χ3v) is 4.88. The quantitative estimate of drug-likeness (QED) is 0.401. The van der Waals surface area contributed by atoms with Crippen molar-refractivity contribution < 1.29 is 4.79 Å². The Bertz CT molecular complexity index is 519. The first-order valence-electron chi connectivity index (χ1n) is 8.02. The van der Waals surface area contributed by atoms with Crippen LogP contribution in [0.25, 0.3) is 0 Å². The largest absolute Gasteiger partial charge is 0.353 e. The van der Waals surface area contributed by atoms with Crippen LogP contribution in [0.2, 0.25) is 0 Å². The first kappa shape index (κ1) is 21.1. The first-order valence-corrected chi connectivity index (χ1v) is 9.17. The lowest BCUT2D eigenvalue weighted by Gasteiger charge is -2.25. The normalized spacial score (nSPS) is 17.6. The van der Waals surface area contributed by atoms with Crippen molar-refractivity contribution in [3.05, 3.63) is 35.9 Å². The van der Waals surface area contributed by atoms with Crippen LogP contribution in [0.5, 0.6) is 0 Å². The highest BCUT2D eigenvalue weighted by Crippen LogP contribution is 2.16. The summed E-state index contributed by atoms with van der Waals surface area (Å²) in [5.74, 6) is 3.09. The zero-order valence-electron chi connectivity index (χ0n) is 14.3. The SMILES string of the molecule is CN(C)C(=O)CNC(=NCc1ccccc1)NC1CCCSC1.I. The molecule has 0 spiro atoms. The van der Waals surface area contributed by atoms with Gasteiger partial charge in [-0.2, -0.15) is 11.8 Å². The molecule has 2 rings (SSSR count). The minimum atomic E-state index is 0. The highest BCUT2D eigenvalue weighted by Gasteiger charge is 2.15. The molecular weight excluding hydrogens is 435 g/mol. The van der Waals surface area contributed by atoms with Crippen molar-refractivity contribution >= 4 is 47.6 Å². The maximum Gasteiger partial charge on any atom is 0.241 e. The molecule has 5 nitrogen and oxygen atoms in total. The van der Waals surface area contributed by atoms with Crippen LogP contribution in [-0.2, 0) is 11.3 Å². The second-order valence-corrected chi connectivity index (χ2v) is 7.00. The summed E-state index contributed by atoms with van der Waals surface area (Å²) in [6.45, 7) is 0.861. The van der Waals surface area contributed by atoms with Crippen molar-refractivity contribution in [3.63, 3.8) is 0 Å². The minimum absolute atomic E-state index is 0. The van der Waals surface area contributed by atoms with Gasteiger partial charge in [-0.1, -0.05) is 30.3 Å². The number of carbonyl (C=O) groups is 1. The maximum absolute atomic E-state index is 11.8. The Hall–Kier alpha value is -0.960. The summed E-state index contributed by atoms with van der Waals surface area (Å²) in [5, 5.41) is 6.62. The lowest BCUT2D eigenvalue weighted by Crippen LogP contribution is -2.48. The highest BCUT2D eigenvalue weighted by molar-refractivity contribution is 14.0. The molecule has 1 unspecified atom stereocenters. The fourth-order valence-electron chi connectivity index (χ4n) is 2.27. The second kappa shape index (κ2) is 11.6. The number of rotatable bonds is 5. The first-order chi connectivity index (χ1) is 11.1. The molecule has 1 atom stereocenters. The van der Waals surface area contributed by atoms with Gasteiger partial charge >= 0.3 is 0 Å². The molecule has 0 aromatic heterocycles. The van der Waals surface area contributed by atoms with E-state index in [9.17, 15) is 4.79 Å². The van der Waals surface area contributed by atoms with E-state index in [-0.39, 0.29) is 36.4 Å². The van der Waals surface area contributed by atoms with Gasteiger partial charge in [-0.25, -0.2) is 4.99 Å². The number of hydrogen-bond donors (Lipinski definition) is 2. The average molecular weight is 462 g/mol. The Morgan fingerprint density at radius 3 is 2.71 bits per heavy atom. The Balaban J connectivity index is 0.00000288. The Kier molecular flexibility index (Phi) is 10.2. The van der Waals surface area contributed by atoms with E-state index in [1.807, 2.05) is 30.0 Å². The molecule has 7 heteroatoms. The molecule has 1 aliphatic rings. The van der Waals surface area contributed by atoms with Gasteiger partial charge in [0.1, 0.15) is 0 Å². The van der Waals surface area contributed by atoms with Gasteiger partial charge in [-0.3, -0.25) is 4.79 Å². The maximum atomic E-state index is 11.8. The number of guanidine groups is 1. The Morgan fingerprint density at radius 1 is 1.33 bits per heavy atom. The van der Waals surface area contributed by atoms with Crippen LogP contribution in [-0.4, -0.2) is 55.0 Å². The van der Waals surface area contributed by atoms with Gasteiger partial charge in [0.25, 0.3) is 0 Å². The van der Waals surface area contributed by atoms with Crippen LogP contribution in [0.15, 0.2) is 35.3 Å². The third kappa shape index (κ3) is 7.74. The molecule has 24 heavy (non-hydrogen) atoms. The van der Waals surface area contributed by atoms with Crippen LogP contribution >= 0.6 is 35.7 Å². The highest BCUT2D eigenvalue weighted by atomic mass is 127. The van der Waals surface area contributed by atoms with Crippen LogP contribution in [0.3, 0.4) is 0 Å². The van der Waals surface area contributed by atoms with E-state index >= 15 is 0 Å². The molecule has 1 saturated heterocycles. The number of halogens is 1. The predicted octanol–water partition coefficient (Wildman–Crippen LogP) is 2.32. The van der Waals surface area contributed by atoms with Crippen LogP contribution < -0.4 is 10.6 Å². The second-order valence-electron chi connectivity index (χ2n) is 5.85. The zero-order chi connectivity index (χ0) is 16.5. The van der Waals surface area contributed by atoms with Gasteiger partial charge in [-0.15, -0.1) is 24.0 Å². The molecule has 1 heterocycles. The molecule has 1 fully saturated rings. The number of thioether (sulfide) groups is 1. The van der Waals surface area contributed by atoms with Crippen molar-refractivity contribution in [1.82, 2.24) is 15.5 Å². The Labute approximate surface area is 166 Å². The van der Waals surface area contributed by atoms with Crippen LogP contribution in [0.1, 0.15) is 18.4 Å². The van der Waals surface area contributed by atoms with Gasteiger partial charge in [0.05, 0.1) is 13.1 Å². The van der Waals surface area contributed by atoms with Gasteiger partial charge in [0, 0.05) is 25.9 Å². The molecule has 0 radical (unpaired) electrons. The summed E-state index contributed by atoms with van der Waals surface area (Å²) in [6.07, 6.45) is 2.38. The lowest BCUT2D eigenvalue weighted by molar-refractivity contribution is -0.127. The van der Waals surface area contributed by atoms with Crippen LogP contribution in [0.4, 0.5) is 0 Å². The van der Waals surface area contributed by atoms with E-state index in [1.165, 1.54) is 12.2 Å². The third-order valence-electron chi connectivity index (χ3n) is 3.67. The summed E-state index contributed by atoms with van der Waals surface area (Å²) >= 11 is 1.97. The van der Waals surface area contributed by atoms with E-state index in [1.54, 1.807) is 19.0 Å². The fraction of sp³-hybridized carbons (Fsp3) is 0.529. The summed E-state index contributed by atoms with van der Waals surface area (Å²) in [4.78, 5) is 18.0. The number of benzene rings is 1. The predicted molar refractivity (Wildman–Crippen MR) is 113 cm³/mol. The number of carbonyl (C=O) groups excluding carboxylic acids is 1. The summed E-state index contributed by atoms with van der Waals surface area (Å²) < 4.78 is 0. The lowest BCUT2D eigenvalue weighted by atomic mass is 10.2. The number of nitrogens with zero attached hydrogens (tertiary/aromatic N) is 2. The van der Waals surface area contributed by atoms with E-state index in [2.05, 4.69) is 27.8 Å². The smallest absolute Gasteiger partial charge is 0.241 e. The summed E-state index contributed by atoms with van der Waals surface area (Å²) in [6, 6.07) is 10.6. The molecule has 0 bridgehead atoms. The molecule has 1 aromatic carbocycles. The van der Waals surface area contributed by atoms with Gasteiger partial charge in [0.15, 0.2) is 5.96 Å². The van der Waals surface area contributed by atoms with E-state index in [0.29, 0.717) is 12.6 Å². The number of aliphatic imine (C=N–C) groups is 1. The monoisotopic (exact) mass is 462 g/mol. The van der Waals surface area contributed by atoms with E-state index < -0.39 is 0 Å². The summed E-state index contributed by atoms with van der Waals surface area (Å²) in [7, 11) is 3.52. The molecule has 0 saturated carbocycles. The molecule has 1 aliphatic heterocycles. The fourth-order valence-corrected chi connectivity index (χ4v) is 3.34. The van der Waals surface area contributed by atoms with Crippen molar-refractivity contribution in [2.24, 2.45) is 4.99 Å². The molecular formula is C17H27IN4OS. The number of likely N-dealkylation sites (N-methyl/N-ethyl adjacent to an activating group) is 1. The van der Waals surface area contributed by atoms with E-state index in [4.69, 9.17) is 0 Å². The van der Waals surface area contributed by atoms with Gasteiger partial charge in [-0.05, 0) is 24.2 Å². The standard InChI is InChI=1S/C17H26N4OS.HI/c1-21(2)16(22)12-19-17(20-15-9-6-10-23-13-15)18-11-14-7-4-3-5-8-14;/h3-5,7-8,15H,6,9-13H2,1-2H3,(H2,18,19,20);1H. The summed E-state index contributed by atoms with van der Waals surface area (Å²) in [5.41, 5.74) is 1.16. The topological polar surface area (TPSA) is 56.7 Å². The molecule has 1 aromatic rings. The number of amides is 1. The van der Waals surface area contributed by atoms with Crippen LogP contribution in [0, 0.1) is 0 Å². The molecule has 2 N–H and O–H groups in total.